The zero-order chi connectivity index (χ0) is 21.8. The number of nitrogens with one attached hydrogen (secondary N) is 1. The van der Waals surface area contributed by atoms with Gasteiger partial charge in [0.2, 0.25) is 5.91 Å². The summed E-state index contributed by atoms with van der Waals surface area (Å²) in [6, 6.07) is 23.3. The van der Waals surface area contributed by atoms with Crippen LogP contribution >= 0.6 is 11.8 Å². The second-order valence-corrected chi connectivity index (χ2v) is 8.18. The van der Waals surface area contributed by atoms with Crippen LogP contribution in [0.5, 0.6) is 11.5 Å². The quantitative estimate of drug-likeness (QED) is 0.408. The summed E-state index contributed by atoms with van der Waals surface area (Å²) < 4.78 is 12.7. The van der Waals surface area contributed by atoms with Gasteiger partial charge in [0.15, 0.2) is 5.16 Å². The number of benzene rings is 3. The van der Waals surface area contributed by atoms with E-state index in [1.54, 1.807) is 32.4 Å². The number of rotatable bonds is 7. The number of carbonyl (C=O) groups excluding carboxylic acids is 1. The van der Waals surface area contributed by atoms with Crippen molar-refractivity contribution in [3.8, 4) is 17.2 Å². The fraction of sp³-hybridized carbons (Fsp3) is 0.167. The Bertz CT molecular complexity index is 1210. The lowest BCUT2D eigenvalue weighted by molar-refractivity contribution is -0.115. The van der Waals surface area contributed by atoms with Crippen molar-refractivity contribution < 1.29 is 14.3 Å². The second kappa shape index (κ2) is 9.14. The molecule has 1 N–H and O–H groups in total. The van der Waals surface area contributed by atoms with Crippen molar-refractivity contribution in [1.29, 1.82) is 0 Å². The molecule has 7 heteroatoms. The molecule has 0 aliphatic carbocycles. The van der Waals surface area contributed by atoms with Crippen LogP contribution in [-0.2, 0) is 4.79 Å². The number of carbonyl (C=O) groups is 1. The maximum absolute atomic E-state index is 13.0. The molecule has 158 valence electrons. The molecule has 0 aliphatic heterocycles. The standard InChI is InChI=1S/C24H23N3O3S/c1-16(23(28)25-20-15-18(29-2)13-14-22(20)30-3)31-24-26-19-11-7-8-12-21(19)27(24)17-9-5-4-6-10-17/h4-16H,1-3H3,(H,25,28). The largest absolute Gasteiger partial charge is 0.497 e. The van der Waals surface area contributed by atoms with Crippen molar-refractivity contribution in [2.24, 2.45) is 0 Å². The van der Waals surface area contributed by atoms with Crippen LogP contribution in [0.3, 0.4) is 0 Å². The highest BCUT2D eigenvalue weighted by atomic mass is 32.2. The Labute approximate surface area is 185 Å². The molecule has 6 nitrogen and oxygen atoms in total. The monoisotopic (exact) mass is 433 g/mol. The van der Waals surface area contributed by atoms with Crippen molar-refractivity contribution >= 4 is 34.4 Å². The van der Waals surface area contributed by atoms with Gasteiger partial charge in [0, 0.05) is 11.8 Å². The van der Waals surface area contributed by atoms with Crippen LogP contribution in [0, 0.1) is 0 Å². The zero-order valence-corrected chi connectivity index (χ0v) is 18.3. The maximum atomic E-state index is 13.0. The maximum Gasteiger partial charge on any atom is 0.237 e. The number of amides is 1. The van der Waals surface area contributed by atoms with Gasteiger partial charge in [0.25, 0.3) is 0 Å². The van der Waals surface area contributed by atoms with E-state index in [2.05, 4.69) is 9.88 Å². The van der Waals surface area contributed by atoms with E-state index in [0.717, 1.165) is 21.9 Å². The topological polar surface area (TPSA) is 65.4 Å². The molecule has 4 rings (SSSR count). The number of nitrogens with zero attached hydrogens (tertiary/aromatic N) is 2. The Kier molecular flexibility index (Phi) is 6.13. The molecular formula is C24H23N3O3S. The molecule has 0 saturated carbocycles. The molecule has 0 radical (unpaired) electrons. The number of imidazole rings is 1. The molecule has 0 saturated heterocycles. The minimum absolute atomic E-state index is 0.150. The van der Waals surface area contributed by atoms with Gasteiger partial charge in [0.05, 0.1) is 36.2 Å². The molecule has 31 heavy (non-hydrogen) atoms. The van der Waals surface area contributed by atoms with Crippen LogP contribution in [0.4, 0.5) is 5.69 Å². The predicted molar refractivity (Wildman–Crippen MR) is 125 cm³/mol. The summed E-state index contributed by atoms with van der Waals surface area (Å²) >= 11 is 1.41. The normalized spacial score (nSPS) is 11.8. The van der Waals surface area contributed by atoms with Gasteiger partial charge in [-0.15, -0.1) is 0 Å². The van der Waals surface area contributed by atoms with E-state index in [0.29, 0.717) is 17.2 Å². The van der Waals surface area contributed by atoms with Crippen molar-refractivity contribution in [1.82, 2.24) is 9.55 Å². The predicted octanol–water partition coefficient (Wildman–Crippen LogP) is 5.16. The third-order valence-electron chi connectivity index (χ3n) is 4.86. The molecule has 1 unspecified atom stereocenters. The highest BCUT2D eigenvalue weighted by Crippen LogP contribution is 2.33. The highest BCUT2D eigenvalue weighted by molar-refractivity contribution is 8.00. The summed E-state index contributed by atoms with van der Waals surface area (Å²) in [6.45, 7) is 1.86. The van der Waals surface area contributed by atoms with Gasteiger partial charge in [-0.2, -0.15) is 0 Å². The van der Waals surface area contributed by atoms with Crippen molar-refractivity contribution in [3.63, 3.8) is 0 Å². The molecule has 0 bridgehead atoms. The number of methoxy groups -OCH3 is 2. The SMILES string of the molecule is COc1ccc(OC)c(NC(=O)C(C)Sc2nc3ccccc3n2-c2ccccc2)c1. The molecule has 1 atom stereocenters. The Morgan fingerprint density at radius 3 is 2.48 bits per heavy atom. The summed E-state index contributed by atoms with van der Waals surface area (Å²) in [5.41, 5.74) is 3.45. The molecule has 0 aliphatic rings. The molecule has 1 aromatic heterocycles. The van der Waals surface area contributed by atoms with Crippen LogP contribution in [0.15, 0.2) is 78.0 Å². The van der Waals surface area contributed by atoms with E-state index in [1.807, 2.05) is 61.5 Å². The number of thioether (sulfide) groups is 1. The van der Waals surface area contributed by atoms with Crippen molar-refractivity contribution in [2.75, 3.05) is 19.5 Å². The van der Waals surface area contributed by atoms with Gasteiger partial charge in [0.1, 0.15) is 11.5 Å². The number of anilines is 1. The van der Waals surface area contributed by atoms with E-state index >= 15 is 0 Å². The van der Waals surface area contributed by atoms with E-state index in [-0.39, 0.29) is 5.91 Å². The van der Waals surface area contributed by atoms with E-state index in [4.69, 9.17) is 14.5 Å². The van der Waals surface area contributed by atoms with Crippen molar-refractivity contribution in [2.45, 2.75) is 17.3 Å². The third-order valence-corrected chi connectivity index (χ3v) is 5.91. The molecule has 0 fully saturated rings. The van der Waals surface area contributed by atoms with E-state index in [1.165, 1.54) is 11.8 Å². The minimum atomic E-state index is -0.393. The Hall–Kier alpha value is -3.45. The van der Waals surface area contributed by atoms with Gasteiger partial charge < -0.3 is 14.8 Å². The second-order valence-electron chi connectivity index (χ2n) is 6.87. The molecular weight excluding hydrogens is 410 g/mol. The lowest BCUT2D eigenvalue weighted by atomic mass is 10.2. The van der Waals surface area contributed by atoms with Crippen LogP contribution < -0.4 is 14.8 Å². The lowest BCUT2D eigenvalue weighted by Crippen LogP contribution is -2.23. The van der Waals surface area contributed by atoms with Gasteiger partial charge in [-0.3, -0.25) is 9.36 Å². The van der Waals surface area contributed by atoms with Crippen molar-refractivity contribution in [3.05, 3.63) is 72.8 Å². The number of ether oxygens (including phenoxy) is 2. The fourth-order valence-electron chi connectivity index (χ4n) is 3.27. The Balaban J connectivity index is 1.62. The Morgan fingerprint density at radius 1 is 1.00 bits per heavy atom. The lowest BCUT2D eigenvalue weighted by Gasteiger charge is -2.15. The van der Waals surface area contributed by atoms with Gasteiger partial charge in [-0.25, -0.2) is 4.98 Å². The molecule has 0 spiro atoms. The highest BCUT2D eigenvalue weighted by Gasteiger charge is 2.21. The zero-order valence-electron chi connectivity index (χ0n) is 17.5. The minimum Gasteiger partial charge on any atom is -0.497 e. The summed E-state index contributed by atoms with van der Waals surface area (Å²) in [4.78, 5) is 17.8. The summed E-state index contributed by atoms with van der Waals surface area (Å²) in [5, 5.41) is 3.31. The smallest absolute Gasteiger partial charge is 0.237 e. The molecule has 4 aromatic rings. The first kappa shape index (κ1) is 20.8. The Morgan fingerprint density at radius 2 is 1.74 bits per heavy atom. The number of hydrogen-bond donors (Lipinski definition) is 1. The fourth-order valence-corrected chi connectivity index (χ4v) is 4.21. The number of aromatic nitrogens is 2. The van der Waals surface area contributed by atoms with E-state index < -0.39 is 5.25 Å². The average Bonchev–Trinajstić information content (AvgIpc) is 3.17. The first-order valence-corrected chi connectivity index (χ1v) is 10.7. The van der Waals surface area contributed by atoms with Crippen LogP contribution in [0.1, 0.15) is 6.92 Å². The molecule has 3 aromatic carbocycles. The van der Waals surface area contributed by atoms with Crippen LogP contribution in [0.25, 0.3) is 16.7 Å². The molecule has 1 amide bonds. The van der Waals surface area contributed by atoms with Gasteiger partial charge in [-0.1, -0.05) is 42.1 Å². The van der Waals surface area contributed by atoms with Crippen LogP contribution in [0.2, 0.25) is 0 Å². The number of para-hydroxylation sites is 3. The first-order valence-electron chi connectivity index (χ1n) is 9.83. The summed E-state index contributed by atoms with van der Waals surface area (Å²) in [7, 11) is 3.15. The summed E-state index contributed by atoms with van der Waals surface area (Å²) in [6.07, 6.45) is 0. The molecule has 1 heterocycles. The van der Waals surface area contributed by atoms with Gasteiger partial charge in [-0.05, 0) is 43.3 Å². The van der Waals surface area contributed by atoms with Gasteiger partial charge >= 0.3 is 0 Å². The van der Waals surface area contributed by atoms with E-state index in [9.17, 15) is 4.79 Å². The average molecular weight is 434 g/mol. The number of fused-ring (bicyclic) bond motifs is 1. The number of hydrogen-bond acceptors (Lipinski definition) is 5. The first-order chi connectivity index (χ1) is 15.1. The van der Waals surface area contributed by atoms with Crippen LogP contribution in [-0.4, -0.2) is 34.9 Å². The summed E-state index contributed by atoms with van der Waals surface area (Å²) in [5.74, 6) is 1.06. The third kappa shape index (κ3) is 4.36.